The van der Waals surface area contributed by atoms with Gasteiger partial charge in [-0.05, 0) is 24.6 Å². The predicted molar refractivity (Wildman–Crippen MR) is 86.6 cm³/mol. The van der Waals surface area contributed by atoms with Gasteiger partial charge in [-0.3, -0.25) is 5.43 Å². The molecule has 0 atom stereocenters. The van der Waals surface area contributed by atoms with Crippen molar-refractivity contribution in [3.05, 3.63) is 58.6 Å². The molecule has 2 aromatic heterocycles. The Hall–Kier alpha value is -2.18. The summed E-state index contributed by atoms with van der Waals surface area (Å²) in [6.07, 6.45) is 6.98. The largest absolute Gasteiger partial charge is 0.305 e. The number of hydrogen-bond acceptors (Lipinski definition) is 5. The van der Waals surface area contributed by atoms with Crippen LogP contribution in [0.3, 0.4) is 0 Å². The van der Waals surface area contributed by atoms with E-state index in [0.29, 0.717) is 5.02 Å². The molecule has 1 aromatic carbocycles. The highest BCUT2D eigenvalue weighted by molar-refractivity contribution is 7.13. The molecule has 0 spiro atoms. The minimum atomic E-state index is 0.641. The first-order chi connectivity index (χ1) is 10.2. The van der Waals surface area contributed by atoms with Crippen molar-refractivity contribution >= 4 is 34.3 Å². The Morgan fingerprint density at radius 1 is 1.43 bits per heavy atom. The van der Waals surface area contributed by atoms with Crippen molar-refractivity contribution in [2.45, 2.75) is 6.92 Å². The van der Waals surface area contributed by atoms with Crippen LogP contribution in [0.4, 0.5) is 5.13 Å². The van der Waals surface area contributed by atoms with Crippen molar-refractivity contribution < 1.29 is 0 Å². The van der Waals surface area contributed by atoms with E-state index < -0.39 is 0 Å². The third kappa shape index (κ3) is 3.29. The molecule has 0 radical (unpaired) electrons. The van der Waals surface area contributed by atoms with E-state index in [4.69, 9.17) is 11.6 Å². The SMILES string of the molecule is Cc1csc(NN=Cc2ccc(-n3ccnc3)c(Cl)c2)n1. The zero-order chi connectivity index (χ0) is 14.7. The van der Waals surface area contributed by atoms with Gasteiger partial charge >= 0.3 is 0 Å². The average Bonchev–Trinajstić information content (AvgIpc) is 3.11. The topological polar surface area (TPSA) is 55.1 Å². The first kappa shape index (κ1) is 13.8. The fraction of sp³-hybridized carbons (Fsp3) is 0.0714. The molecule has 0 unspecified atom stereocenters. The first-order valence-electron chi connectivity index (χ1n) is 6.21. The summed E-state index contributed by atoms with van der Waals surface area (Å²) in [6.45, 7) is 1.94. The maximum absolute atomic E-state index is 6.28. The van der Waals surface area contributed by atoms with E-state index in [2.05, 4.69) is 20.5 Å². The molecular weight excluding hydrogens is 306 g/mol. The Morgan fingerprint density at radius 2 is 2.33 bits per heavy atom. The fourth-order valence-electron chi connectivity index (χ4n) is 1.78. The quantitative estimate of drug-likeness (QED) is 0.589. The van der Waals surface area contributed by atoms with E-state index in [1.165, 1.54) is 11.3 Å². The molecule has 106 valence electrons. The average molecular weight is 318 g/mol. The Labute approximate surface area is 130 Å². The van der Waals surface area contributed by atoms with Gasteiger partial charge in [0.1, 0.15) is 0 Å². The van der Waals surface area contributed by atoms with Crippen LogP contribution in [0.1, 0.15) is 11.3 Å². The van der Waals surface area contributed by atoms with Gasteiger partial charge in [0, 0.05) is 17.8 Å². The fourth-order valence-corrected chi connectivity index (χ4v) is 2.71. The summed E-state index contributed by atoms with van der Waals surface area (Å²) < 4.78 is 1.86. The van der Waals surface area contributed by atoms with Crippen molar-refractivity contribution in [2.75, 3.05) is 5.43 Å². The Kier molecular flexibility index (Phi) is 3.98. The zero-order valence-corrected chi connectivity index (χ0v) is 12.8. The second kappa shape index (κ2) is 6.07. The van der Waals surface area contributed by atoms with Gasteiger partial charge < -0.3 is 4.57 Å². The zero-order valence-electron chi connectivity index (χ0n) is 11.2. The normalized spacial score (nSPS) is 11.1. The molecule has 7 heteroatoms. The molecule has 0 aliphatic heterocycles. The maximum atomic E-state index is 6.28. The van der Waals surface area contributed by atoms with E-state index in [1.807, 2.05) is 41.3 Å². The molecule has 0 aliphatic rings. The maximum Gasteiger partial charge on any atom is 0.203 e. The van der Waals surface area contributed by atoms with Gasteiger partial charge in [-0.1, -0.05) is 17.7 Å². The first-order valence-corrected chi connectivity index (χ1v) is 7.47. The minimum absolute atomic E-state index is 0.641. The summed E-state index contributed by atoms with van der Waals surface area (Å²) in [5, 5.41) is 7.53. The molecular formula is C14H12ClN5S. The van der Waals surface area contributed by atoms with Gasteiger partial charge in [0.25, 0.3) is 0 Å². The van der Waals surface area contributed by atoms with E-state index in [1.54, 1.807) is 18.7 Å². The number of aryl methyl sites for hydroxylation is 1. The standard InChI is InChI=1S/C14H12ClN5S/c1-10-8-21-14(18-10)19-17-7-11-2-3-13(12(15)6-11)20-5-4-16-9-20/h2-9H,1H3,(H,18,19). The molecule has 2 heterocycles. The summed E-state index contributed by atoms with van der Waals surface area (Å²) in [5.74, 6) is 0. The second-order valence-electron chi connectivity index (χ2n) is 4.34. The highest BCUT2D eigenvalue weighted by atomic mass is 35.5. The van der Waals surface area contributed by atoms with Crippen LogP contribution >= 0.6 is 22.9 Å². The third-order valence-corrected chi connectivity index (χ3v) is 3.91. The summed E-state index contributed by atoms with van der Waals surface area (Å²) in [4.78, 5) is 8.27. The van der Waals surface area contributed by atoms with Gasteiger partial charge in [-0.2, -0.15) is 5.10 Å². The highest BCUT2D eigenvalue weighted by Crippen LogP contribution is 2.21. The summed E-state index contributed by atoms with van der Waals surface area (Å²) in [7, 11) is 0. The Morgan fingerprint density at radius 3 is 3.00 bits per heavy atom. The van der Waals surface area contributed by atoms with Crippen LogP contribution in [-0.2, 0) is 0 Å². The molecule has 0 bridgehead atoms. The molecule has 0 fully saturated rings. The van der Waals surface area contributed by atoms with Gasteiger partial charge in [-0.25, -0.2) is 9.97 Å². The number of halogens is 1. The van der Waals surface area contributed by atoms with Crippen LogP contribution in [0.25, 0.3) is 5.69 Å². The number of rotatable bonds is 4. The number of aromatic nitrogens is 3. The number of hydrazone groups is 1. The highest BCUT2D eigenvalue weighted by Gasteiger charge is 2.02. The Balaban J connectivity index is 1.73. The smallest absolute Gasteiger partial charge is 0.203 e. The van der Waals surface area contributed by atoms with Crippen molar-refractivity contribution in [1.29, 1.82) is 0 Å². The van der Waals surface area contributed by atoms with Crippen LogP contribution in [-0.4, -0.2) is 20.7 Å². The van der Waals surface area contributed by atoms with Gasteiger partial charge in [0.2, 0.25) is 5.13 Å². The summed E-state index contributed by atoms with van der Waals surface area (Å²) in [5.41, 5.74) is 5.66. The minimum Gasteiger partial charge on any atom is -0.305 e. The monoisotopic (exact) mass is 317 g/mol. The molecule has 0 saturated heterocycles. The number of thiazole rings is 1. The lowest BCUT2D eigenvalue weighted by Gasteiger charge is -2.05. The van der Waals surface area contributed by atoms with Crippen LogP contribution in [0.15, 0.2) is 47.4 Å². The van der Waals surface area contributed by atoms with Crippen molar-refractivity contribution in [2.24, 2.45) is 5.10 Å². The number of benzene rings is 1. The van der Waals surface area contributed by atoms with Crippen LogP contribution in [0.2, 0.25) is 5.02 Å². The van der Waals surface area contributed by atoms with Crippen LogP contribution < -0.4 is 5.43 Å². The molecule has 0 amide bonds. The number of anilines is 1. The van der Waals surface area contributed by atoms with Crippen molar-refractivity contribution in [3.63, 3.8) is 0 Å². The predicted octanol–water partition coefficient (Wildman–Crippen LogP) is 3.74. The van der Waals surface area contributed by atoms with Crippen LogP contribution in [0.5, 0.6) is 0 Å². The van der Waals surface area contributed by atoms with Crippen molar-refractivity contribution in [1.82, 2.24) is 14.5 Å². The number of imidazole rings is 1. The van der Waals surface area contributed by atoms with Gasteiger partial charge in [0.15, 0.2) is 0 Å². The van der Waals surface area contributed by atoms with E-state index in [0.717, 1.165) is 22.1 Å². The van der Waals surface area contributed by atoms with Gasteiger partial charge in [0.05, 0.1) is 28.9 Å². The number of hydrogen-bond donors (Lipinski definition) is 1. The number of nitrogens with one attached hydrogen (secondary N) is 1. The lowest BCUT2D eigenvalue weighted by molar-refractivity contribution is 1.06. The van der Waals surface area contributed by atoms with Gasteiger partial charge in [-0.15, -0.1) is 11.3 Å². The van der Waals surface area contributed by atoms with Crippen LogP contribution in [0, 0.1) is 6.92 Å². The second-order valence-corrected chi connectivity index (χ2v) is 5.61. The lowest BCUT2D eigenvalue weighted by atomic mass is 10.2. The molecule has 3 aromatic rings. The summed E-state index contributed by atoms with van der Waals surface area (Å²) >= 11 is 7.80. The Bertz CT molecular complexity index is 764. The molecule has 5 nitrogen and oxygen atoms in total. The molecule has 0 saturated carbocycles. The van der Waals surface area contributed by atoms with E-state index >= 15 is 0 Å². The van der Waals surface area contributed by atoms with E-state index in [9.17, 15) is 0 Å². The third-order valence-electron chi connectivity index (χ3n) is 2.75. The summed E-state index contributed by atoms with van der Waals surface area (Å²) in [6, 6.07) is 5.73. The number of nitrogens with zero attached hydrogens (tertiary/aromatic N) is 4. The molecule has 0 aliphatic carbocycles. The molecule has 3 rings (SSSR count). The van der Waals surface area contributed by atoms with Crippen molar-refractivity contribution in [3.8, 4) is 5.69 Å². The lowest BCUT2D eigenvalue weighted by Crippen LogP contribution is -1.94. The molecule has 21 heavy (non-hydrogen) atoms. The van der Waals surface area contributed by atoms with E-state index in [-0.39, 0.29) is 0 Å². The molecule has 1 N–H and O–H groups in total.